The minimum absolute atomic E-state index is 0.00613. The summed E-state index contributed by atoms with van der Waals surface area (Å²) in [6, 6.07) is 1.51. The number of amides is 1. The fourth-order valence-corrected chi connectivity index (χ4v) is 2.17. The molecule has 0 fully saturated rings. The Morgan fingerprint density at radius 3 is 2.71 bits per heavy atom. The second kappa shape index (κ2) is 6.23. The molecule has 0 spiro atoms. The van der Waals surface area contributed by atoms with E-state index in [0.29, 0.717) is 15.9 Å². The molecule has 21 heavy (non-hydrogen) atoms. The van der Waals surface area contributed by atoms with E-state index in [0.717, 1.165) is 0 Å². The van der Waals surface area contributed by atoms with E-state index in [1.54, 1.807) is 0 Å². The molecular weight excluding hydrogens is 366 g/mol. The highest BCUT2D eigenvalue weighted by molar-refractivity contribution is 9.10. The number of pyridine rings is 1. The normalized spacial score (nSPS) is 10.3. The van der Waals surface area contributed by atoms with Crippen molar-refractivity contribution in [3.8, 4) is 11.3 Å². The average molecular weight is 375 g/mol. The number of methoxy groups -OCH3 is 1. The Labute approximate surface area is 132 Å². The lowest BCUT2D eigenvalue weighted by atomic mass is 10.2. The number of hydrogen-bond acceptors (Lipinski definition) is 6. The SMILES string of the molecule is COC(=O)c1nc(-c2conc2Br)cc(NC(C)=O)c1Cl. The van der Waals surface area contributed by atoms with Crippen LogP contribution in [0.3, 0.4) is 0 Å². The summed E-state index contributed by atoms with van der Waals surface area (Å²) in [4.78, 5) is 27.1. The van der Waals surface area contributed by atoms with Crippen LogP contribution in [0.25, 0.3) is 11.3 Å². The van der Waals surface area contributed by atoms with Gasteiger partial charge in [-0.25, -0.2) is 9.78 Å². The third-order valence-electron chi connectivity index (χ3n) is 2.45. The van der Waals surface area contributed by atoms with Crippen LogP contribution < -0.4 is 5.32 Å². The Bertz CT molecular complexity index is 717. The second-order valence-corrected chi connectivity index (χ2v) is 5.04. The number of hydrogen-bond donors (Lipinski definition) is 1. The molecule has 9 heteroatoms. The lowest BCUT2D eigenvalue weighted by Crippen LogP contribution is -2.11. The van der Waals surface area contributed by atoms with E-state index in [-0.39, 0.29) is 22.3 Å². The van der Waals surface area contributed by atoms with Crippen molar-refractivity contribution in [1.29, 1.82) is 0 Å². The molecule has 0 aliphatic carbocycles. The maximum Gasteiger partial charge on any atom is 0.358 e. The number of aromatic nitrogens is 2. The highest BCUT2D eigenvalue weighted by atomic mass is 79.9. The first-order valence-corrected chi connectivity index (χ1v) is 6.77. The molecule has 0 unspecified atom stereocenters. The number of carbonyl (C=O) groups excluding carboxylic acids is 2. The van der Waals surface area contributed by atoms with Crippen molar-refractivity contribution in [1.82, 2.24) is 10.1 Å². The van der Waals surface area contributed by atoms with Crippen molar-refractivity contribution in [3.63, 3.8) is 0 Å². The van der Waals surface area contributed by atoms with E-state index >= 15 is 0 Å². The molecule has 0 aliphatic heterocycles. The Hall–Kier alpha value is -1.93. The minimum Gasteiger partial charge on any atom is -0.464 e. The molecule has 110 valence electrons. The predicted octanol–water partition coefficient (Wildman–Crippen LogP) is 2.90. The summed E-state index contributed by atoms with van der Waals surface area (Å²) < 4.78 is 9.84. The molecule has 7 nitrogen and oxygen atoms in total. The van der Waals surface area contributed by atoms with E-state index in [4.69, 9.17) is 16.1 Å². The topological polar surface area (TPSA) is 94.3 Å². The molecule has 0 saturated carbocycles. The summed E-state index contributed by atoms with van der Waals surface area (Å²) in [6.45, 7) is 1.32. The molecule has 0 aromatic carbocycles. The van der Waals surface area contributed by atoms with Crippen molar-refractivity contribution in [2.24, 2.45) is 0 Å². The van der Waals surface area contributed by atoms with Crippen LogP contribution in [0.1, 0.15) is 17.4 Å². The Kier molecular flexibility index (Phi) is 4.59. The van der Waals surface area contributed by atoms with Gasteiger partial charge in [-0.15, -0.1) is 0 Å². The highest BCUT2D eigenvalue weighted by Crippen LogP contribution is 2.33. The first-order chi connectivity index (χ1) is 9.93. The number of halogens is 2. The summed E-state index contributed by atoms with van der Waals surface area (Å²) in [7, 11) is 1.21. The fraction of sp³-hybridized carbons (Fsp3) is 0.167. The Morgan fingerprint density at radius 1 is 1.48 bits per heavy atom. The molecule has 1 amide bonds. The average Bonchev–Trinajstić information content (AvgIpc) is 2.86. The van der Waals surface area contributed by atoms with E-state index < -0.39 is 5.97 Å². The van der Waals surface area contributed by atoms with Gasteiger partial charge in [0.15, 0.2) is 10.3 Å². The summed E-state index contributed by atoms with van der Waals surface area (Å²) in [6.07, 6.45) is 1.35. The van der Waals surface area contributed by atoms with Crippen molar-refractivity contribution in [2.45, 2.75) is 6.92 Å². The van der Waals surface area contributed by atoms with Gasteiger partial charge in [-0.05, 0) is 22.0 Å². The van der Waals surface area contributed by atoms with Gasteiger partial charge in [0, 0.05) is 6.92 Å². The van der Waals surface area contributed by atoms with E-state index in [2.05, 4.69) is 36.1 Å². The number of rotatable bonds is 3. The third-order valence-corrected chi connectivity index (χ3v) is 3.40. The zero-order valence-corrected chi connectivity index (χ0v) is 13.3. The van der Waals surface area contributed by atoms with Crippen LogP contribution in [-0.2, 0) is 9.53 Å². The standard InChI is InChI=1S/C12H9BrClN3O4/c1-5(18)15-8-3-7(6-4-21-17-11(6)13)16-10(9(8)14)12(19)20-2/h3-4H,1-2H3,(H,15,16,18). The van der Waals surface area contributed by atoms with Gasteiger partial charge in [0.2, 0.25) is 5.91 Å². The molecule has 2 rings (SSSR count). The first-order valence-electron chi connectivity index (χ1n) is 5.60. The number of carbonyl (C=O) groups is 2. The number of anilines is 1. The van der Waals surface area contributed by atoms with Crippen molar-refractivity contribution in [3.05, 3.63) is 27.6 Å². The van der Waals surface area contributed by atoms with Gasteiger partial charge >= 0.3 is 5.97 Å². The largest absolute Gasteiger partial charge is 0.464 e. The van der Waals surface area contributed by atoms with Crippen LogP contribution in [0.4, 0.5) is 5.69 Å². The molecule has 1 N–H and O–H groups in total. The van der Waals surface area contributed by atoms with E-state index in [1.165, 1.54) is 26.4 Å². The van der Waals surface area contributed by atoms with Gasteiger partial charge in [0.1, 0.15) is 6.26 Å². The van der Waals surface area contributed by atoms with Gasteiger partial charge in [0.25, 0.3) is 0 Å². The van der Waals surface area contributed by atoms with Crippen LogP contribution in [0.15, 0.2) is 21.5 Å². The molecular formula is C12H9BrClN3O4. The van der Waals surface area contributed by atoms with Gasteiger partial charge in [-0.3, -0.25) is 4.79 Å². The minimum atomic E-state index is -0.721. The monoisotopic (exact) mass is 373 g/mol. The molecule has 0 saturated heterocycles. The maximum atomic E-state index is 11.7. The molecule has 0 atom stereocenters. The zero-order chi connectivity index (χ0) is 15.6. The quantitative estimate of drug-likeness (QED) is 0.830. The van der Waals surface area contributed by atoms with Gasteiger partial charge < -0.3 is 14.6 Å². The summed E-state index contributed by atoms with van der Waals surface area (Å²) in [5, 5.41) is 6.19. The van der Waals surface area contributed by atoms with E-state index in [9.17, 15) is 9.59 Å². The smallest absolute Gasteiger partial charge is 0.358 e. The highest BCUT2D eigenvalue weighted by Gasteiger charge is 2.21. The first kappa shape index (κ1) is 15.5. The van der Waals surface area contributed by atoms with Crippen LogP contribution in [-0.4, -0.2) is 29.1 Å². The molecule has 2 heterocycles. The van der Waals surface area contributed by atoms with Gasteiger partial charge in [-0.2, -0.15) is 0 Å². The molecule has 2 aromatic heterocycles. The van der Waals surface area contributed by atoms with Crippen molar-refractivity contribution in [2.75, 3.05) is 12.4 Å². The second-order valence-electron chi connectivity index (χ2n) is 3.91. The summed E-state index contributed by atoms with van der Waals surface area (Å²) in [5.41, 5.74) is 0.969. The summed E-state index contributed by atoms with van der Waals surface area (Å²) in [5.74, 6) is -1.06. The molecule has 0 aliphatic rings. The van der Waals surface area contributed by atoms with Crippen LogP contribution >= 0.6 is 27.5 Å². The van der Waals surface area contributed by atoms with Gasteiger partial charge in [-0.1, -0.05) is 16.8 Å². The number of ether oxygens (including phenoxy) is 1. The van der Waals surface area contributed by atoms with Crippen LogP contribution in [0.5, 0.6) is 0 Å². The number of esters is 1. The van der Waals surface area contributed by atoms with Gasteiger partial charge in [0.05, 0.1) is 29.1 Å². The lowest BCUT2D eigenvalue weighted by molar-refractivity contribution is -0.114. The molecule has 0 bridgehead atoms. The van der Waals surface area contributed by atoms with Crippen molar-refractivity contribution >= 4 is 45.1 Å². The lowest BCUT2D eigenvalue weighted by Gasteiger charge is -2.10. The molecule has 0 radical (unpaired) electrons. The number of nitrogens with zero attached hydrogens (tertiary/aromatic N) is 2. The summed E-state index contributed by atoms with van der Waals surface area (Å²) >= 11 is 9.27. The van der Waals surface area contributed by atoms with Crippen LogP contribution in [0.2, 0.25) is 5.02 Å². The third kappa shape index (κ3) is 3.22. The Morgan fingerprint density at radius 2 is 2.19 bits per heavy atom. The Balaban J connectivity index is 2.64. The van der Waals surface area contributed by atoms with Crippen LogP contribution in [0, 0.1) is 0 Å². The van der Waals surface area contributed by atoms with Crippen molar-refractivity contribution < 1.29 is 18.8 Å². The maximum absolute atomic E-state index is 11.7. The van der Waals surface area contributed by atoms with E-state index in [1.807, 2.05) is 0 Å². The molecule has 2 aromatic rings. The zero-order valence-electron chi connectivity index (χ0n) is 10.9. The number of nitrogens with one attached hydrogen (secondary N) is 1. The fourth-order valence-electron chi connectivity index (χ4n) is 1.57. The predicted molar refractivity (Wildman–Crippen MR) is 78.1 cm³/mol.